The predicted octanol–water partition coefficient (Wildman–Crippen LogP) is 4.05. The van der Waals surface area contributed by atoms with Gasteiger partial charge in [0, 0.05) is 30.5 Å². The van der Waals surface area contributed by atoms with Crippen LogP contribution in [-0.4, -0.2) is 44.6 Å². The van der Waals surface area contributed by atoms with Crippen molar-refractivity contribution in [3.05, 3.63) is 66.5 Å². The lowest BCUT2D eigenvalue weighted by Crippen LogP contribution is -2.34. The molecule has 2 unspecified atom stereocenters. The van der Waals surface area contributed by atoms with Crippen LogP contribution in [0.3, 0.4) is 0 Å². The Morgan fingerprint density at radius 1 is 0.931 bits per heavy atom. The molecule has 1 aliphatic heterocycles. The predicted molar refractivity (Wildman–Crippen MR) is 104 cm³/mol. The summed E-state index contributed by atoms with van der Waals surface area (Å²) in [5, 5.41) is 4.49. The van der Waals surface area contributed by atoms with Crippen LogP contribution in [0, 0.1) is 11.8 Å². The molecule has 1 aromatic heterocycles. The van der Waals surface area contributed by atoms with Gasteiger partial charge in [0.2, 0.25) is 5.82 Å². The third kappa shape index (κ3) is 3.10. The Morgan fingerprint density at radius 2 is 1.52 bits per heavy atom. The van der Waals surface area contributed by atoms with Gasteiger partial charge < -0.3 is 4.90 Å². The monoisotopic (exact) mass is 394 g/mol. The Kier molecular flexibility index (Phi) is 4.19. The molecule has 7 heteroatoms. The molecular weight excluding hydrogens is 374 g/mol. The van der Waals surface area contributed by atoms with E-state index in [-0.39, 0.29) is 11.7 Å². The molecule has 2 aliphatic rings. The number of carbonyl (C=O) groups excluding carboxylic acids is 1. The van der Waals surface area contributed by atoms with Crippen LogP contribution >= 0.6 is 0 Å². The first-order valence-electron chi connectivity index (χ1n) is 9.80. The number of hydrogen-bond donors (Lipinski definition) is 0. The highest BCUT2D eigenvalue weighted by Crippen LogP contribution is 2.59. The molecule has 2 atom stereocenters. The third-order valence-electron chi connectivity index (χ3n) is 5.90. The van der Waals surface area contributed by atoms with E-state index in [2.05, 4.69) is 10.1 Å². The Morgan fingerprint density at radius 3 is 2.14 bits per heavy atom. The highest BCUT2D eigenvalue weighted by Gasteiger charge is 2.67. The van der Waals surface area contributed by atoms with Crippen LogP contribution in [0.25, 0.3) is 17.1 Å². The molecule has 1 saturated heterocycles. The molecule has 0 N–H and O–H groups in total. The average molecular weight is 394 g/mol. The van der Waals surface area contributed by atoms with Crippen LogP contribution < -0.4 is 0 Å². The number of hydrogen-bond acceptors (Lipinski definition) is 3. The Hall–Kier alpha value is -3.09. The molecule has 0 radical (unpaired) electrons. The molecule has 5 rings (SSSR count). The maximum atomic E-state index is 13.6. The van der Waals surface area contributed by atoms with Crippen molar-refractivity contribution in [2.75, 3.05) is 13.1 Å². The van der Waals surface area contributed by atoms with Crippen LogP contribution in [0.2, 0.25) is 0 Å². The van der Waals surface area contributed by atoms with Gasteiger partial charge in [0.15, 0.2) is 5.82 Å². The van der Waals surface area contributed by atoms with Gasteiger partial charge in [0.25, 0.3) is 11.8 Å². The van der Waals surface area contributed by atoms with Crippen molar-refractivity contribution in [3.63, 3.8) is 0 Å². The summed E-state index contributed by atoms with van der Waals surface area (Å²) in [5.41, 5.74) is 1.65. The number of halogens is 2. The summed E-state index contributed by atoms with van der Waals surface area (Å²) in [6.45, 7) is 0.631. The fourth-order valence-corrected chi connectivity index (χ4v) is 4.22. The van der Waals surface area contributed by atoms with E-state index in [1.807, 2.05) is 60.7 Å². The van der Waals surface area contributed by atoms with E-state index < -0.39 is 17.8 Å². The number of amides is 1. The molecule has 29 heavy (non-hydrogen) atoms. The van der Waals surface area contributed by atoms with Crippen LogP contribution in [0.15, 0.2) is 60.7 Å². The van der Waals surface area contributed by atoms with E-state index in [1.54, 1.807) is 9.58 Å². The van der Waals surface area contributed by atoms with Gasteiger partial charge in [-0.25, -0.2) is 18.4 Å². The van der Waals surface area contributed by atoms with Crippen LogP contribution in [0.5, 0.6) is 0 Å². The van der Waals surface area contributed by atoms with Crippen LogP contribution in [0.4, 0.5) is 8.78 Å². The van der Waals surface area contributed by atoms with E-state index in [0.29, 0.717) is 31.8 Å². The van der Waals surface area contributed by atoms with Gasteiger partial charge in [-0.3, -0.25) is 4.79 Å². The van der Waals surface area contributed by atoms with E-state index in [9.17, 15) is 13.6 Å². The lowest BCUT2D eigenvalue weighted by Gasteiger charge is -2.20. The molecule has 1 amide bonds. The second-order valence-corrected chi connectivity index (χ2v) is 7.63. The minimum atomic E-state index is -2.55. The minimum absolute atomic E-state index is 0.0926. The first kappa shape index (κ1) is 18.0. The molecule has 0 spiro atoms. The van der Waals surface area contributed by atoms with E-state index in [1.165, 1.54) is 0 Å². The number of likely N-dealkylation sites (tertiary alicyclic amines) is 1. The number of benzene rings is 2. The van der Waals surface area contributed by atoms with Crippen LogP contribution in [0.1, 0.15) is 23.5 Å². The topological polar surface area (TPSA) is 51.0 Å². The summed E-state index contributed by atoms with van der Waals surface area (Å²) in [6.07, 6.45) is 0.655. The largest absolute Gasteiger partial charge is 0.336 e. The maximum Gasteiger partial charge on any atom is 0.293 e. The molecular formula is C22H20F2N4O. The number of nitrogens with zero attached hydrogens (tertiary/aromatic N) is 4. The van der Waals surface area contributed by atoms with Crippen molar-refractivity contribution < 1.29 is 13.6 Å². The zero-order valence-corrected chi connectivity index (χ0v) is 15.7. The lowest BCUT2D eigenvalue weighted by molar-refractivity contribution is 0.0598. The van der Waals surface area contributed by atoms with Crippen molar-refractivity contribution >= 4 is 5.91 Å². The first-order valence-corrected chi connectivity index (χ1v) is 9.80. The molecule has 148 valence electrons. The smallest absolute Gasteiger partial charge is 0.293 e. The Bertz CT molecular complexity index is 962. The van der Waals surface area contributed by atoms with Gasteiger partial charge in [0.1, 0.15) is 0 Å². The molecule has 2 heterocycles. The summed E-state index contributed by atoms with van der Waals surface area (Å²) in [5.74, 6) is -3.37. The third-order valence-corrected chi connectivity index (χ3v) is 5.90. The molecule has 1 aliphatic carbocycles. The highest BCUT2D eigenvalue weighted by atomic mass is 19.3. The van der Waals surface area contributed by atoms with Gasteiger partial charge >= 0.3 is 0 Å². The van der Waals surface area contributed by atoms with Crippen molar-refractivity contribution in [1.29, 1.82) is 0 Å². The van der Waals surface area contributed by atoms with Crippen molar-refractivity contribution in [1.82, 2.24) is 19.7 Å². The Labute approximate surface area is 167 Å². The molecule has 2 fully saturated rings. The molecule has 1 saturated carbocycles. The SMILES string of the molecule is O=C(c1nc(-c2ccccc2)n(-c2ccccc2)n1)N1CCC2C(CC1)C2(F)F. The fraction of sp³-hybridized carbons (Fsp3) is 0.318. The van der Waals surface area contributed by atoms with Gasteiger partial charge in [-0.1, -0.05) is 48.5 Å². The molecule has 5 nitrogen and oxygen atoms in total. The standard InChI is InChI=1S/C22H20F2N4O/c23-22(24)17-11-13-27(14-12-18(17)22)21(29)19-25-20(15-7-3-1-4-8-15)28(26-19)16-9-5-2-6-10-16/h1-10,17-18H,11-14H2. The van der Waals surface area contributed by atoms with Gasteiger partial charge in [-0.15, -0.1) is 5.10 Å². The molecule has 3 aromatic rings. The molecule has 0 bridgehead atoms. The van der Waals surface area contributed by atoms with Crippen molar-refractivity contribution in [2.45, 2.75) is 18.8 Å². The molecule has 2 aromatic carbocycles. The zero-order valence-electron chi connectivity index (χ0n) is 15.7. The summed E-state index contributed by atoms with van der Waals surface area (Å²) >= 11 is 0. The second-order valence-electron chi connectivity index (χ2n) is 7.63. The Balaban J connectivity index is 1.46. The normalized spacial score (nSPS) is 22.6. The second kappa shape index (κ2) is 6.76. The summed E-state index contributed by atoms with van der Waals surface area (Å²) in [4.78, 5) is 19.2. The number of para-hydroxylation sites is 1. The fourth-order valence-electron chi connectivity index (χ4n) is 4.22. The van der Waals surface area contributed by atoms with Gasteiger partial charge in [-0.05, 0) is 25.0 Å². The summed E-state index contributed by atoms with van der Waals surface area (Å²) in [7, 11) is 0. The van der Waals surface area contributed by atoms with Gasteiger partial charge in [-0.2, -0.15) is 0 Å². The summed E-state index contributed by atoms with van der Waals surface area (Å²) in [6, 6.07) is 19.1. The quantitative estimate of drug-likeness (QED) is 0.673. The average Bonchev–Trinajstić information content (AvgIpc) is 3.11. The van der Waals surface area contributed by atoms with E-state index >= 15 is 0 Å². The van der Waals surface area contributed by atoms with Gasteiger partial charge in [0.05, 0.1) is 5.69 Å². The maximum absolute atomic E-state index is 13.6. The van der Waals surface area contributed by atoms with Crippen molar-refractivity contribution in [2.24, 2.45) is 11.8 Å². The summed E-state index contributed by atoms with van der Waals surface area (Å²) < 4.78 is 28.9. The first-order chi connectivity index (χ1) is 14.1. The number of rotatable bonds is 3. The lowest BCUT2D eigenvalue weighted by atomic mass is 10.2. The zero-order chi connectivity index (χ0) is 20.0. The van der Waals surface area contributed by atoms with E-state index in [4.69, 9.17) is 0 Å². The number of alkyl halides is 2. The van der Waals surface area contributed by atoms with Crippen molar-refractivity contribution in [3.8, 4) is 17.1 Å². The van der Waals surface area contributed by atoms with E-state index in [0.717, 1.165) is 11.3 Å². The number of aromatic nitrogens is 3. The minimum Gasteiger partial charge on any atom is -0.336 e. The van der Waals surface area contributed by atoms with Crippen LogP contribution in [-0.2, 0) is 0 Å². The highest BCUT2D eigenvalue weighted by molar-refractivity contribution is 5.91. The number of carbonyl (C=O) groups is 1. The number of fused-ring (bicyclic) bond motifs is 1.